The molecule has 0 rings (SSSR count). The van der Waals surface area contributed by atoms with E-state index in [4.69, 9.17) is 0 Å². The van der Waals surface area contributed by atoms with E-state index in [1.54, 1.807) is 13.8 Å². The second kappa shape index (κ2) is 3.32. The fraction of sp³-hybridized carbons (Fsp3) is 0.500. The summed E-state index contributed by atoms with van der Waals surface area (Å²) in [6.45, 7) is 6.68. The second-order valence-corrected chi connectivity index (χ2v) is 2.81. The van der Waals surface area contributed by atoms with Crippen molar-refractivity contribution in [2.75, 3.05) is 7.11 Å². The van der Waals surface area contributed by atoms with Gasteiger partial charge in [0.05, 0.1) is 12.5 Å². The van der Waals surface area contributed by atoms with Gasteiger partial charge in [-0.3, -0.25) is 0 Å². The molecular weight excluding hydrogens is 144 g/mol. The summed E-state index contributed by atoms with van der Waals surface area (Å²) < 4.78 is 4.40. The Morgan fingerprint density at radius 2 is 2.00 bits per heavy atom. The van der Waals surface area contributed by atoms with E-state index < -0.39 is 11.4 Å². The maximum atomic E-state index is 10.8. The summed E-state index contributed by atoms with van der Waals surface area (Å²) in [6, 6.07) is 0. The maximum Gasteiger partial charge on any atom is 0.334 e. The van der Waals surface area contributed by atoms with Crippen LogP contribution in [0.1, 0.15) is 13.8 Å². The highest BCUT2D eigenvalue weighted by Gasteiger charge is 2.26. The zero-order valence-corrected chi connectivity index (χ0v) is 7.01. The topological polar surface area (TPSA) is 43.4 Å². The molecule has 0 saturated carbocycles. The molecule has 0 aliphatic heterocycles. The van der Waals surface area contributed by atoms with Gasteiger partial charge < -0.3 is 9.53 Å². The molecule has 11 heavy (non-hydrogen) atoms. The van der Waals surface area contributed by atoms with Crippen molar-refractivity contribution in [3.05, 3.63) is 12.2 Å². The summed E-state index contributed by atoms with van der Waals surface area (Å²) in [5.74, 6) is -0.540. The molecule has 0 radical (unpaired) electrons. The number of ether oxygens (including phenoxy) is 1. The number of methoxy groups -OCH3 is 1. The van der Waals surface area contributed by atoms with Gasteiger partial charge in [0.25, 0.3) is 0 Å². The van der Waals surface area contributed by atoms with Crippen molar-refractivity contribution in [3.63, 3.8) is 0 Å². The largest absolute Gasteiger partial charge is 0.466 e. The average molecular weight is 156 g/mol. The number of hydrogen-bond donors (Lipinski definition) is 0. The molecule has 0 heterocycles. The normalized spacial score (nSPS) is 10.5. The number of carbonyl (C=O) groups excluding carboxylic acids is 2. The number of rotatable bonds is 3. The van der Waals surface area contributed by atoms with Crippen LogP contribution in [0.2, 0.25) is 0 Å². The van der Waals surface area contributed by atoms with E-state index in [1.807, 2.05) is 0 Å². The zero-order chi connectivity index (χ0) is 9.07. The quantitative estimate of drug-likeness (QED) is 0.347. The molecule has 0 aromatic rings. The number of esters is 1. The Morgan fingerprint density at radius 3 is 2.27 bits per heavy atom. The molecule has 0 aliphatic rings. The third kappa shape index (κ3) is 2.18. The van der Waals surface area contributed by atoms with Crippen LogP contribution in [0.3, 0.4) is 0 Å². The highest BCUT2D eigenvalue weighted by molar-refractivity contribution is 5.93. The minimum atomic E-state index is -0.826. The van der Waals surface area contributed by atoms with Crippen molar-refractivity contribution >= 4 is 12.3 Å². The van der Waals surface area contributed by atoms with Crippen molar-refractivity contribution in [2.24, 2.45) is 5.41 Å². The van der Waals surface area contributed by atoms with E-state index in [0.717, 1.165) is 0 Å². The highest BCUT2D eigenvalue weighted by Crippen LogP contribution is 2.22. The van der Waals surface area contributed by atoms with Crippen molar-refractivity contribution in [1.82, 2.24) is 0 Å². The van der Waals surface area contributed by atoms with E-state index in [0.29, 0.717) is 6.29 Å². The van der Waals surface area contributed by atoms with E-state index in [1.165, 1.54) is 7.11 Å². The first-order valence-electron chi connectivity index (χ1n) is 3.19. The summed E-state index contributed by atoms with van der Waals surface area (Å²) in [6.07, 6.45) is 0.673. The minimum Gasteiger partial charge on any atom is -0.466 e. The minimum absolute atomic E-state index is 0.176. The number of carbonyl (C=O) groups is 2. The first-order valence-corrected chi connectivity index (χ1v) is 3.19. The van der Waals surface area contributed by atoms with Crippen molar-refractivity contribution in [1.29, 1.82) is 0 Å². The molecule has 0 spiro atoms. The van der Waals surface area contributed by atoms with Gasteiger partial charge in [0.15, 0.2) is 0 Å². The van der Waals surface area contributed by atoms with E-state index >= 15 is 0 Å². The summed E-state index contributed by atoms with van der Waals surface area (Å²) in [5.41, 5.74) is -0.650. The molecule has 0 aliphatic carbocycles. The van der Waals surface area contributed by atoms with E-state index in [2.05, 4.69) is 11.3 Å². The molecule has 0 fully saturated rings. The second-order valence-electron chi connectivity index (χ2n) is 2.81. The van der Waals surface area contributed by atoms with Crippen LogP contribution < -0.4 is 0 Å². The molecule has 0 N–H and O–H groups in total. The van der Waals surface area contributed by atoms with E-state index in [-0.39, 0.29) is 5.57 Å². The molecule has 0 saturated heterocycles. The fourth-order valence-electron chi connectivity index (χ4n) is 0.457. The standard InChI is InChI=1S/C8H12O3/c1-6(7(10)11-4)8(2,3)5-9/h5H,1H2,2-4H3. The Bertz CT molecular complexity index is 192. The molecule has 0 amide bonds. The summed E-state index contributed by atoms with van der Waals surface area (Å²) in [7, 11) is 1.26. The first-order chi connectivity index (χ1) is 4.95. The Balaban J connectivity index is 4.48. The summed E-state index contributed by atoms with van der Waals surface area (Å²) in [5, 5.41) is 0. The molecule has 0 aromatic heterocycles. The van der Waals surface area contributed by atoms with Crippen molar-refractivity contribution < 1.29 is 14.3 Å². The van der Waals surface area contributed by atoms with Gasteiger partial charge in [-0.2, -0.15) is 0 Å². The lowest BCUT2D eigenvalue weighted by molar-refractivity contribution is -0.138. The lowest BCUT2D eigenvalue weighted by atomic mass is 9.87. The monoisotopic (exact) mass is 156 g/mol. The van der Waals surface area contributed by atoms with Gasteiger partial charge in [-0.15, -0.1) is 0 Å². The van der Waals surface area contributed by atoms with Gasteiger partial charge in [-0.05, 0) is 13.8 Å². The van der Waals surface area contributed by atoms with Crippen LogP contribution in [0, 0.1) is 5.41 Å². The molecule has 0 aromatic carbocycles. The number of hydrogen-bond acceptors (Lipinski definition) is 3. The lowest BCUT2D eigenvalue weighted by Crippen LogP contribution is -2.22. The number of aldehydes is 1. The van der Waals surface area contributed by atoms with Crippen LogP contribution in [0.4, 0.5) is 0 Å². The molecular formula is C8H12O3. The summed E-state index contributed by atoms with van der Waals surface area (Å²) >= 11 is 0. The van der Waals surface area contributed by atoms with Crippen LogP contribution in [0.5, 0.6) is 0 Å². The van der Waals surface area contributed by atoms with E-state index in [9.17, 15) is 9.59 Å². The van der Waals surface area contributed by atoms with Crippen LogP contribution in [-0.4, -0.2) is 19.4 Å². The van der Waals surface area contributed by atoms with Crippen molar-refractivity contribution in [2.45, 2.75) is 13.8 Å². The van der Waals surface area contributed by atoms with Crippen LogP contribution >= 0.6 is 0 Å². The van der Waals surface area contributed by atoms with Gasteiger partial charge >= 0.3 is 5.97 Å². The predicted molar refractivity (Wildman–Crippen MR) is 41.0 cm³/mol. The van der Waals surface area contributed by atoms with Crippen molar-refractivity contribution in [3.8, 4) is 0 Å². The third-order valence-electron chi connectivity index (χ3n) is 1.50. The molecule has 62 valence electrons. The Hall–Kier alpha value is -1.12. The van der Waals surface area contributed by atoms with Gasteiger partial charge in [0, 0.05) is 5.57 Å². The van der Waals surface area contributed by atoms with Gasteiger partial charge in [0.1, 0.15) is 6.29 Å². The van der Waals surface area contributed by atoms with Gasteiger partial charge in [-0.25, -0.2) is 4.79 Å². The van der Waals surface area contributed by atoms with Gasteiger partial charge in [0.2, 0.25) is 0 Å². The summed E-state index contributed by atoms with van der Waals surface area (Å²) in [4.78, 5) is 21.3. The third-order valence-corrected chi connectivity index (χ3v) is 1.50. The zero-order valence-electron chi connectivity index (χ0n) is 7.01. The van der Waals surface area contributed by atoms with Crippen LogP contribution in [0.15, 0.2) is 12.2 Å². The molecule has 0 bridgehead atoms. The van der Waals surface area contributed by atoms with Gasteiger partial charge in [-0.1, -0.05) is 6.58 Å². The molecule has 3 nitrogen and oxygen atoms in total. The molecule has 3 heteroatoms. The van der Waals surface area contributed by atoms with Crippen LogP contribution in [-0.2, 0) is 14.3 Å². The Morgan fingerprint density at radius 1 is 1.55 bits per heavy atom. The molecule has 0 atom stereocenters. The smallest absolute Gasteiger partial charge is 0.334 e. The first kappa shape index (κ1) is 9.88. The average Bonchev–Trinajstić information content (AvgIpc) is 2.01. The Kier molecular flexibility index (Phi) is 2.99. The maximum absolute atomic E-state index is 10.8. The molecule has 0 unspecified atom stereocenters. The van der Waals surface area contributed by atoms with Crippen LogP contribution in [0.25, 0.3) is 0 Å². The SMILES string of the molecule is C=C(C(=O)OC)C(C)(C)C=O. The highest BCUT2D eigenvalue weighted by atomic mass is 16.5. The lowest BCUT2D eigenvalue weighted by Gasteiger charge is -2.17. The predicted octanol–water partition coefficient (Wildman–Crippen LogP) is 0.941. The Labute approximate surface area is 66.0 Å². The fourth-order valence-corrected chi connectivity index (χ4v) is 0.457.